The van der Waals surface area contributed by atoms with Crippen LogP contribution >= 0.6 is 0 Å². The van der Waals surface area contributed by atoms with Crippen molar-refractivity contribution in [2.45, 2.75) is 20.4 Å². The van der Waals surface area contributed by atoms with Crippen molar-refractivity contribution >= 4 is 29.8 Å². The van der Waals surface area contributed by atoms with Gasteiger partial charge in [-0.1, -0.05) is 44.2 Å². The van der Waals surface area contributed by atoms with Gasteiger partial charge in [0.15, 0.2) is 0 Å². The molecule has 1 aromatic rings. The van der Waals surface area contributed by atoms with Crippen molar-refractivity contribution in [3.8, 4) is 0 Å². The van der Waals surface area contributed by atoms with Crippen LogP contribution in [0.25, 0.3) is 0 Å². The topological polar surface area (TPSA) is 116 Å². The molecule has 2 rings (SSSR count). The molecule has 0 aliphatic carbocycles. The molecular weight excluding hydrogens is 340 g/mol. The van der Waals surface area contributed by atoms with E-state index in [1.807, 2.05) is 19.2 Å². The Balaban J connectivity index is 1.96. The fraction of sp³-hybridized carbons (Fsp3) is 0.353. The van der Waals surface area contributed by atoms with Crippen molar-refractivity contribution in [3.63, 3.8) is 0 Å². The fourth-order valence-electron chi connectivity index (χ4n) is 2.25. The number of rotatable bonds is 6. The predicted molar refractivity (Wildman–Crippen MR) is 90.5 cm³/mol. The minimum Gasteiger partial charge on any atom is -0.338 e. The molecule has 1 fully saturated rings. The second kappa shape index (κ2) is 8.24. The maximum absolute atomic E-state index is 12.3. The zero-order chi connectivity index (χ0) is 19.3. The zero-order valence-electron chi connectivity index (χ0n) is 14.5. The molecule has 1 saturated heterocycles. The van der Waals surface area contributed by atoms with Gasteiger partial charge in [-0.25, -0.2) is 14.5 Å². The lowest BCUT2D eigenvalue weighted by Gasteiger charge is -2.15. The van der Waals surface area contributed by atoms with Crippen LogP contribution in [0.1, 0.15) is 19.4 Å². The summed E-state index contributed by atoms with van der Waals surface area (Å²) in [5, 5.41) is 4.49. The summed E-state index contributed by atoms with van der Waals surface area (Å²) >= 11 is 0. The lowest BCUT2D eigenvalue weighted by atomic mass is 10.2. The van der Waals surface area contributed by atoms with Crippen molar-refractivity contribution in [3.05, 3.63) is 35.9 Å². The molecule has 0 saturated carbocycles. The summed E-state index contributed by atoms with van der Waals surface area (Å²) < 4.78 is 0. The third-order valence-electron chi connectivity index (χ3n) is 3.54. The summed E-state index contributed by atoms with van der Waals surface area (Å²) in [6.45, 7) is 3.36. The van der Waals surface area contributed by atoms with Crippen LogP contribution in [0.5, 0.6) is 0 Å². The summed E-state index contributed by atoms with van der Waals surface area (Å²) in [6.07, 6.45) is 0. The standard InChI is InChI=1S/C17H20N4O5/c1-11(2)8-18-16(25)19-13(22)10-21-15(24)14(23)20(17(21)26)9-12-6-4-3-5-7-12/h3-7,11H,8-10H2,1-2H3,(H2,18,19,22,25). The Hall–Kier alpha value is -3.23. The molecule has 0 aromatic heterocycles. The normalized spacial score (nSPS) is 14.2. The van der Waals surface area contributed by atoms with E-state index in [9.17, 15) is 24.0 Å². The molecule has 0 spiro atoms. The highest BCUT2D eigenvalue weighted by Crippen LogP contribution is 2.15. The molecule has 0 bridgehead atoms. The minimum absolute atomic E-state index is 0.0722. The van der Waals surface area contributed by atoms with E-state index >= 15 is 0 Å². The molecule has 0 atom stereocenters. The van der Waals surface area contributed by atoms with Gasteiger partial charge < -0.3 is 5.32 Å². The number of nitrogens with one attached hydrogen (secondary N) is 2. The first-order valence-electron chi connectivity index (χ1n) is 8.08. The molecule has 1 heterocycles. The van der Waals surface area contributed by atoms with E-state index in [0.29, 0.717) is 17.0 Å². The Morgan fingerprint density at radius 1 is 1.00 bits per heavy atom. The van der Waals surface area contributed by atoms with Crippen LogP contribution in [0.4, 0.5) is 9.59 Å². The summed E-state index contributed by atoms with van der Waals surface area (Å²) in [5.41, 5.74) is 0.668. The second-order valence-corrected chi connectivity index (χ2v) is 6.20. The van der Waals surface area contributed by atoms with Crippen LogP contribution in [-0.2, 0) is 20.9 Å². The molecule has 1 aliphatic rings. The fourth-order valence-corrected chi connectivity index (χ4v) is 2.25. The van der Waals surface area contributed by atoms with Gasteiger partial charge in [-0.15, -0.1) is 0 Å². The molecular formula is C17H20N4O5. The van der Waals surface area contributed by atoms with Crippen LogP contribution in [0.15, 0.2) is 30.3 Å². The van der Waals surface area contributed by atoms with Gasteiger partial charge >= 0.3 is 23.9 Å². The first-order chi connectivity index (χ1) is 12.3. The SMILES string of the molecule is CC(C)CNC(=O)NC(=O)CN1C(=O)C(=O)N(Cc2ccccc2)C1=O. The van der Waals surface area contributed by atoms with Crippen LogP contribution in [0, 0.1) is 5.92 Å². The monoisotopic (exact) mass is 360 g/mol. The van der Waals surface area contributed by atoms with Crippen molar-refractivity contribution in [2.24, 2.45) is 5.92 Å². The van der Waals surface area contributed by atoms with Crippen molar-refractivity contribution in [2.75, 3.05) is 13.1 Å². The maximum atomic E-state index is 12.3. The smallest absolute Gasteiger partial charge is 0.335 e. The Morgan fingerprint density at radius 3 is 2.23 bits per heavy atom. The van der Waals surface area contributed by atoms with Crippen molar-refractivity contribution in [1.82, 2.24) is 20.4 Å². The number of urea groups is 2. The molecule has 9 nitrogen and oxygen atoms in total. The highest BCUT2D eigenvalue weighted by atomic mass is 16.2. The predicted octanol–water partition coefficient (Wildman–Crippen LogP) is 0.459. The maximum Gasteiger partial charge on any atom is 0.335 e. The zero-order valence-corrected chi connectivity index (χ0v) is 14.5. The van der Waals surface area contributed by atoms with E-state index in [-0.39, 0.29) is 12.5 Å². The van der Waals surface area contributed by atoms with Gasteiger partial charge in [0.1, 0.15) is 6.54 Å². The number of carbonyl (C=O) groups is 5. The Kier molecular flexibility index (Phi) is 6.05. The first kappa shape index (κ1) is 19.1. The summed E-state index contributed by atoms with van der Waals surface area (Å²) in [7, 11) is 0. The van der Waals surface area contributed by atoms with Gasteiger partial charge in [0.05, 0.1) is 6.54 Å². The van der Waals surface area contributed by atoms with Gasteiger partial charge in [0, 0.05) is 6.54 Å². The van der Waals surface area contributed by atoms with E-state index in [1.165, 1.54) is 0 Å². The summed E-state index contributed by atoms with van der Waals surface area (Å²) in [6, 6.07) is 7.06. The molecule has 7 amide bonds. The third kappa shape index (κ3) is 4.65. The Bertz CT molecular complexity index is 732. The Morgan fingerprint density at radius 2 is 1.62 bits per heavy atom. The lowest BCUT2D eigenvalue weighted by molar-refractivity contribution is -0.144. The molecule has 1 aliphatic heterocycles. The largest absolute Gasteiger partial charge is 0.338 e. The number of amides is 7. The van der Waals surface area contributed by atoms with Crippen molar-refractivity contribution < 1.29 is 24.0 Å². The van der Waals surface area contributed by atoms with Crippen LogP contribution < -0.4 is 10.6 Å². The average Bonchev–Trinajstić information content (AvgIpc) is 2.79. The van der Waals surface area contributed by atoms with E-state index in [4.69, 9.17) is 0 Å². The van der Waals surface area contributed by atoms with E-state index in [1.54, 1.807) is 30.3 Å². The molecule has 26 heavy (non-hydrogen) atoms. The van der Waals surface area contributed by atoms with Gasteiger partial charge in [-0.2, -0.15) is 0 Å². The number of benzene rings is 1. The number of carbonyl (C=O) groups excluding carboxylic acids is 5. The minimum atomic E-state index is -1.09. The average molecular weight is 360 g/mol. The number of hydrogen-bond donors (Lipinski definition) is 2. The molecule has 2 N–H and O–H groups in total. The van der Waals surface area contributed by atoms with Gasteiger partial charge in [0.2, 0.25) is 5.91 Å². The van der Waals surface area contributed by atoms with Gasteiger partial charge in [-0.3, -0.25) is 24.6 Å². The van der Waals surface area contributed by atoms with E-state index in [0.717, 1.165) is 4.90 Å². The van der Waals surface area contributed by atoms with Crippen LogP contribution in [0.2, 0.25) is 0 Å². The van der Waals surface area contributed by atoms with Gasteiger partial charge in [-0.05, 0) is 11.5 Å². The number of hydrogen-bond acceptors (Lipinski definition) is 5. The lowest BCUT2D eigenvalue weighted by Crippen LogP contribution is -2.47. The van der Waals surface area contributed by atoms with E-state index < -0.39 is 36.3 Å². The highest BCUT2D eigenvalue weighted by molar-refractivity contribution is 6.45. The van der Waals surface area contributed by atoms with Crippen LogP contribution in [0.3, 0.4) is 0 Å². The second-order valence-electron chi connectivity index (χ2n) is 6.20. The third-order valence-corrected chi connectivity index (χ3v) is 3.54. The van der Waals surface area contributed by atoms with Crippen molar-refractivity contribution in [1.29, 1.82) is 0 Å². The molecule has 138 valence electrons. The molecule has 9 heteroatoms. The quantitative estimate of drug-likeness (QED) is 0.565. The number of imide groups is 3. The van der Waals surface area contributed by atoms with Gasteiger partial charge in [0.25, 0.3) is 0 Å². The van der Waals surface area contributed by atoms with E-state index in [2.05, 4.69) is 5.32 Å². The highest BCUT2D eigenvalue weighted by Gasteiger charge is 2.45. The van der Waals surface area contributed by atoms with Crippen LogP contribution in [-0.4, -0.2) is 52.7 Å². The summed E-state index contributed by atoms with van der Waals surface area (Å²) in [4.78, 5) is 61.0. The first-order valence-corrected chi connectivity index (χ1v) is 8.08. The molecule has 1 aromatic carbocycles. The molecule has 0 radical (unpaired) electrons. The summed E-state index contributed by atoms with van der Waals surface area (Å²) in [5.74, 6) is -2.76. The number of nitrogens with zero attached hydrogens (tertiary/aromatic N) is 2. The Labute approximate surface area is 150 Å². The molecule has 0 unspecified atom stereocenters.